The number of aromatic hydroxyl groups is 2. The van der Waals surface area contributed by atoms with E-state index < -0.39 is 0 Å². The van der Waals surface area contributed by atoms with Crippen LogP contribution in [0.5, 0.6) is 11.5 Å². The van der Waals surface area contributed by atoms with Crippen LogP contribution in [0.25, 0.3) is 11.4 Å². The summed E-state index contributed by atoms with van der Waals surface area (Å²) in [5.74, 6) is 0.332. The summed E-state index contributed by atoms with van der Waals surface area (Å²) < 4.78 is 0.586. The molecule has 3 N–H and O–H groups in total. The molecule has 2 aromatic rings. The first-order valence-corrected chi connectivity index (χ1v) is 7.27. The first kappa shape index (κ1) is 14.8. The summed E-state index contributed by atoms with van der Waals surface area (Å²) in [6, 6.07) is 4.34. The fourth-order valence-electron chi connectivity index (χ4n) is 1.83. The molecule has 0 spiro atoms. The van der Waals surface area contributed by atoms with Crippen LogP contribution < -0.4 is 5.56 Å². The smallest absolute Gasteiger partial charge is 0.264 e. The third-order valence-corrected chi connectivity index (χ3v) is 3.89. The molecular weight excluding hydrogens is 371 g/mol. The Hall–Kier alpha value is -1.57. The lowest BCUT2D eigenvalue weighted by Gasteiger charge is -2.09. The van der Waals surface area contributed by atoms with Crippen LogP contribution >= 0.6 is 22.6 Å². The number of rotatable bonds is 3. The first-order chi connectivity index (χ1) is 9.38. The number of H-pyrrole nitrogens is 1. The maximum atomic E-state index is 12.0. The van der Waals surface area contributed by atoms with Crippen LogP contribution in [0.1, 0.15) is 19.5 Å². The van der Waals surface area contributed by atoms with Gasteiger partial charge in [0, 0.05) is 5.56 Å². The maximum absolute atomic E-state index is 12.0. The summed E-state index contributed by atoms with van der Waals surface area (Å²) >= 11 is 1.99. The second kappa shape index (κ2) is 5.82. The molecule has 0 bridgehead atoms. The second-order valence-electron chi connectivity index (χ2n) is 4.98. The van der Waals surface area contributed by atoms with E-state index in [1.54, 1.807) is 6.07 Å². The summed E-state index contributed by atoms with van der Waals surface area (Å²) in [5.41, 5.74) is 1.10. The predicted octanol–water partition coefficient (Wildman–Crippen LogP) is 2.65. The van der Waals surface area contributed by atoms with Crippen molar-refractivity contribution in [2.45, 2.75) is 20.3 Å². The third-order valence-electron chi connectivity index (χ3n) is 2.78. The minimum absolute atomic E-state index is 0.196. The van der Waals surface area contributed by atoms with Crippen LogP contribution in [-0.4, -0.2) is 20.2 Å². The Bertz CT molecular complexity index is 695. The van der Waals surface area contributed by atoms with Gasteiger partial charge >= 0.3 is 0 Å². The van der Waals surface area contributed by atoms with E-state index in [9.17, 15) is 15.0 Å². The SMILES string of the molecule is CC(C)Cc1nc(-c2ccc(O)c(O)c2)[nH]c(=O)c1I. The van der Waals surface area contributed by atoms with Crippen molar-refractivity contribution in [3.63, 3.8) is 0 Å². The highest BCUT2D eigenvalue weighted by Crippen LogP contribution is 2.29. The topological polar surface area (TPSA) is 86.2 Å². The van der Waals surface area contributed by atoms with Crippen molar-refractivity contribution in [1.82, 2.24) is 9.97 Å². The van der Waals surface area contributed by atoms with Gasteiger partial charge in [-0.25, -0.2) is 4.98 Å². The average Bonchev–Trinajstić information content (AvgIpc) is 2.37. The molecule has 0 amide bonds. The fourth-order valence-corrected chi connectivity index (χ4v) is 2.31. The molecule has 0 aliphatic carbocycles. The van der Waals surface area contributed by atoms with Crippen LogP contribution in [0, 0.1) is 9.49 Å². The van der Waals surface area contributed by atoms with E-state index in [0.717, 1.165) is 5.69 Å². The zero-order valence-corrected chi connectivity index (χ0v) is 13.3. The number of nitrogens with zero attached hydrogens (tertiary/aromatic N) is 1. The summed E-state index contributed by atoms with van der Waals surface area (Å²) in [5, 5.41) is 18.8. The van der Waals surface area contributed by atoms with E-state index in [2.05, 4.69) is 23.8 Å². The van der Waals surface area contributed by atoms with Gasteiger partial charge in [0.2, 0.25) is 0 Å². The van der Waals surface area contributed by atoms with Crippen LogP contribution in [0.4, 0.5) is 0 Å². The van der Waals surface area contributed by atoms with Crippen molar-refractivity contribution < 1.29 is 10.2 Å². The van der Waals surface area contributed by atoms with Crippen molar-refractivity contribution in [2.24, 2.45) is 5.92 Å². The molecule has 1 aromatic carbocycles. The molecule has 1 heterocycles. The number of hydrogen-bond donors (Lipinski definition) is 3. The summed E-state index contributed by atoms with van der Waals surface area (Å²) in [6.45, 7) is 4.12. The fraction of sp³-hybridized carbons (Fsp3) is 0.286. The molecule has 5 nitrogen and oxygen atoms in total. The van der Waals surface area contributed by atoms with Crippen molar-refractivity contribution in [3.8, 4) is 22.9 Å². The molecule has 106 valence electrons. The second-order valence-corrected chi connectivity index (χ2v) is 6.06. The number of nitrogens with one attached hydrogen (secondary N) is 1. The van der Waals surface area contributed by atoms with Gasteiger partial charge < -0.3 is 15.2 Å². The standard InChI is InChI=1S/C14H15IN2O3/c1-7(2)5-9-12(15)14(20)17-13(16-9)8-3-4-10(18)11(19)6-8/h3-4,6-7,18-19H,5H2,1-2H3,(H,16,17,20). The van der Waals surface area contributed by atoms with Crippen molar-refractivity contribution in [2.75, 3.05) is 0 Å². The lowest BCUT2D eigenvalue weighted by molar-refractivity contribution is 0.404. The van der Waals surface area contributed by atoms with E-state index in [1.807, 2.05) is 22.6 Å². The van der Waals surface area contributed by atoms with Crippen LogP contribution in [0.3, 0.4) is 0 Å². The Morgan fingerprint density at radius 2 is 2.00 bits per heavy atom. The number of phenols is 2. The largest absolute Gasteiger partial charge is 0.504 e. The Labute approximate surface area is 129 Å². The minimum Gasteiger partial charge on any atom is -0.504 e. The van der Waals surface area contributed by atoms with Crippen LogP contribution in [-0.2, 0) is 6.42 Å². The first-order valence-electron chi connectivity index (χ1n) is 6.19. The molecular formula is C14H15IN2O3. The molecule has 6 heteroatoms. The van der Waals surface area contributed by atoms with Gasteiger partial charge in [0.25, 0.3) is 5.56 Å². The van der Waals surface area contributed by atoms with Gasteiger partial charge in [-0.2, -0.15) is 0 Å². The van der Waals surface area contributed by atoms with E-state index in [0.29, 0.717) is 27.3 Å². The molecule has 2 rings (SSSR count). The zero-order valence-electron chi connectivity index (χ0n) is 11.1. The maximum Gasteiger partial charge on any atom is 0.264 e. The van der Waals surface area contributed by atoms with E-state index >= 15 is 0 Å². The molecule has 1 aromatic heterocycles. The van der Waals surface area contributed by atoms with E-state index in [4.69, 9.17) is 0 Å². The van der Waals surface area contributed by atoms with Gasteiger partial charge in [-0.05, 0) is 53.1 Å². The van der Waals surface area contributed by atoms with E-state index in [1.165, 1.54) is 12.1 Å². The van der Waals surface area contributed by atoms with Gasteiger partial charge in [-0.15, -0.1) is 0 Å². The summed E-state index contributed by atoms with van der Waals surface area (Å²) in [6.07, 6.45) is 0.708. The lowest BCUT2D eigenvalue weighted by atomic mass is 10.1. The number of benzene rings is 1. The molecule has 0 radical (unpaired) electrons. The Balaban J connectivity index is 2.54. The number of halogens is 1. The van der Waals surface area contributed by atoms with E-state index in [-0.39, 0.29) is 17.1 Å². The third kappa shape index (κ3) is 3.12. The summed E-state index contributed by atoms with van der Waals surface area (Å²) in [4.78, 5) is 19.1. The van der Waals surface area contributed by atoms with Crippen molar-refractivity contribution in [1.29, 1.82) is 0 Å². The highest BCUT2D eigenvalue weighted by Gasteiger charge is 2.12. The van der Waals surface area contributed by atoms with Gasteiger partial charge in [-0.1, -0.05) is 13.8 Å². The molecule has 0 saturated heterocycles. The highest BCUT2D eigenvalue weighted by molar-refractivity contribution is 14.1. The van der Waals surface area contributed by atoms with Crippen molar-refractivity contribution in [3.05, 3.63) is 37.8 Å². The highest BCUT2D eigenvalue weighted by atomic mass is 127. The Morgan fingerprint density at radius 1 is 1.30 bits per heavy atom. The Morgan fingerprint density at radius 3 is 2.60 bits per heavy atom. The number of hydrogen-bond acceptors (Lipinski definition) is 4. The zero-order chi connectivity index (χ0) is 14.9. The molecule has 0 aliphatic heterocycles. The molecule has 0 unspecified atom stereocenters. The molecule has 0 aliphatic rings. The molecule has 0 fully saturated rings. The number of phenolic OH excluding ortho intramolecular Hbond substituents is 2. The summed E-state index contributed by atoms with van der Waals surface area (Å²) in [7, 11) is 0. The average molecular weight is 386 g/mol. The van der Waals surface area contributed by atoms with Gasteiger partial charge in [0.05, 0.1) is 9.26 Å². The van der Waals surface area contributed by atoms with Crippen molar-refractivity contribution >= 4 is 22.6 Å². The molecule has 0 saturated carbocycles. The number of aromatic amines is 1. The number of aromatic nitrogens is 2. The molecule has 0 atom stereocenters. The normalized spacial score (nSPS) is 11.0. The Kier molecular flexibility index (Phi) is 4.32. The van der Waals surface area contributed by atoms with Crippen LogP contribution in [0.15, 0.2) is 23.0 Å². The van der Waals surface area contributed by atoms with Gasteiger partial charge in [0.1, 0.15) is 5.82 Å². The predicted molar refractivity (Wildman–Crippen MR) is 84.9 cm³/mol. The minimum atomic E-state index is -0.242. The van der Waals surface area contributed by atoms with Gasteiger partial charge in [-0.3, -0.25) is 4.79 Å². The monoisotopic (exact) mass is 386 g/mol. The van der Waals surface area contributed by atoms with Crippen LogP contribution in [0.2, 0.25) is 0 Å². The van der Waals surface area contributed by atoms with Gasteiger partial charge in [0.15, 0.2) is 11.5 Å². The lowest BCUT2D eigenvalue weighted by Crippen LogP contribution is -2.17. The molecule has 20 heavy (non-hydrogen) atoms. The quantitative estimate of drug-likeness (QED) is 0.559.